The number of likely N-dealkylation sites (tertiary alicyclic amines) is 1. The zero-order chi connectivity index (χ0) is 18.6. The number of aromatic nitrogens is 1. The van der Waals surface area contributed by atoms with Gasteiger partial charge in [0.25, 0.3) is 5.91 Å². The average molecular weight is 402 g/mol. The van der Waals surface area contributed by atoms with Crippen LogP contribution in [0.4, 0.5) is 0 Å². The van der Waals surface area contributed by atoms with Crippen LogP contribution in [0.2, 0.25) is 0 Å². The first-order chi connectivity index (χ1) is 13.2. The minimum atomic E-state index is -0.0896. The number of rotatable bonds is 5. The Balaban J connectivity index is 1.25. The third-order valence-corrected chi connectivity index (χ3v) is 6.16. The Kier molecular flexibility index (Phi) is 5.35. The van der Waals surface area contributed by atoms with Crippen molar-refractivity contribution in [1.29, 1.82) is 0 Å². The van der Waals surface area contributed by atoms with Gasteiger partial charge in [-0.25, -0.2) is 4.98 Å². The molecule has 27 heavy (non-hydrogen) atoms. The van der Waals surface area contributed by atoms with Gasteiger partial charge in [0.2, 0.25) is 5.91 Å². The number of nitrogens with one attached hydrogen (secondary N) is 1. The lowest BCUT2D eigenvalue weighted by molar-refractivity contribution is -0.121. The second-order valence-electron chi connectivity index (χ2n) is 6.44. The van der Waals surface area contributed by atoms with Gasteiger partial charge in [-0.3, -0.25) is 9.59 Å². The van der Waals surface area contributed by atoms with E-state index in [1.165, 1.54) is 6.26 Å². The lowest BCUT2D eigenvalue weighted by atomic mass is 10.0. The molecule has 0 saturated carbocycles. The molecule has 0 aromatic carbocycles. The van der Waals surface area contributed by atoms with Gasteiger partial charge < -0.3 is 14.6 Å². The molecule has 4 rings (SSSR count). The lowest BCUT2D eigenvalue weighted by Gasteiger charge is -2.31. The molecule has 1 saturated heterocycles. The summed E-state index contributed by atoms with van der Waals surface area (Å²) in [6, 6.07) is 5.51. The highest BCUT2D eigenvalue weighted by molar-refractivity contribution is 7.14. The van der Waals surface area contributed by atoms with Gasteiger partial charge in [-0.15, -0.1) is 11.3 Å². The molecule has 0 radical (unpaired) electrons. The summed E-state index contributed by atoms with van der Waals surface area (Å²) in [4.78, 5) is 30.9. The molecule has 1 N–H and O–H groups in total. The van der Waals surface area contributed by atoms with Crippen LogP contribution in [0.3, 0.4) is 0 Å². The number of carbonyl (C=O) groups is 2. The third-order valence-electron chi connectivity index (χ3n) is 4.54. The molecule has 140 valence electrons. The lowest BCUT2D eigenvalue weighted by Crippen LogP contribution is -2.46. The van der Waals surface area contributed by atoms with Gasteiger partial charge in [-0.2, -0.15) is 11.3 Å². The molecule has 0 bridgehead atoms. The largest absolute Gasteiger partial charge is 0.459 e. The van der Waals surface area contributed by atoms with Crippen molar-refractivity contribution in [2.45, 2.75) is 25.3 Å². The van der Waals surface area contributed by atoms with Crippen molar-refractivity contribution in [2.24, 2.45) is 0 Å². The zero-order valence-electron chi connectivity index (χ0n) is 14.6. The van der Waals surface area contributed by atoms with Crippen LogP contribution >= 0.6 is 22.7 Å². The Morgan fingerprint density at radius 3 is 2.81 bits per heavy atom. The van der Waals surface area contributed by atoms with Crippen LogP contribution in [0.15, 0.2) is 45.0 Å². The van der Waals surface area contributed by atoms with Crippen molar-refractivity contribution < 1.29 is 14.0 Å². The van der Waals surface area contributed by atoms with Gasteiger partial charge in [0.1, 0.15) is 5.01 Å². The van der Waals surface area contributed by atoms with Gasteiger partial charge in [-0.1, -0.05) is 0 Å². The fourth-order valence-electron chi connectivity index (χ4n) is 3.13. The molecule has 3 aromatic heterocycles. The van der Waals surface area contributed by atoms with Crippen LogP contribution in [0.1, 0.15) is 29.1 Å². The minimum absolute atomic E-state index is 0.0204. The summed E-state index contributed by atoms with van der Waals surface area (Å²) in [5.41, 5.74) is 1.90. The van der Waals surface area contributed by atoms with Crippen LogP contribution in [-0.4, -0.2) is 40.8 Å². The van der Waals surface area contributed by atoms with E-state index in [1.807, 2.05) is 16.8 Å². The Bertz CT molecular complexity index is 895. The normalized spacial score (nSPS) is 15.0. The zero-order valence-corrected chi connectivity index (χ0v) is 16.2. The molecule has 0 aliphatic carbocycles. The van der Waals surface area contributed by atoms with E-state index in [-0.39, 0.29) is 24.3 Å². The maximum absolute atomic E-state index is 12.3. The second kappa shape index (κ2) is 8.06. The molecule has 2 amide bonds. The van der Waals surface area contributed by atoms with E-state index in [1.54, 1.807) is 39.7 Å². The fraction of sp³-hybridized carbons (Fsp3) is 0.316. The maximum atomic E-state index is 12.3. The van der Waals surface area contributed by atoms with Crippen LogP contribution in [-0.2, 0) is 11.2 Å². The fourth-order valence-corrected chi connectivity index (χ4v) is 4.66. The first-order valence-electron chi connectivity index (χ1n) is 8.78. The Labute approximate surface area is 164 Å². The molecule has 1 aliphatic rings. The van der Waals surface area contributed by atoms with E-state index < -0.39 is 0 Å². The number of nitrogens with zero attached hydrogens (tertiary/aromatic N) is 2. The minimum Gasteiger partial charge on any atom is -0.459 e. The number of amides is 2. The second-order valence-corrected chi connectivity index (χ2v) is 8.08. The highest BCUT2D eigenvalue weighted by Crippen LogP contribution is 2.25. The summed E-state index contributed by atoms with van der Waals surface area (Å²) in [6.07, 6.45) is 3.28. The van der Waals surface area contributed by atoms with Gasteiger partial charge in [0.05, 0.1) is 18.4 Å². The van der Waals surface area contributed by atoms with Crippen LogP contribution < -0.4 is 5.32 Å². The molecular formula is C19H19N3O3S2. The molecular weight excluding hydrogens is 382 g/mol. The van der Waals surface area contributed by atoms with Crippen molar-refractivity contribution in [2.75, 3.05) is 13.1 Å². The topological polar surface area (TPSA) is 75.4 Å². The average Bonchev–Trinajstić information content (AvgIpc) is 3.43. The first-order valence-corrected chi connectivity index (χ1v) is 10.6. The predicted octanol–water partition coefficient (Wildman–Crippen LogP) is 3.43. The third kappa shape index (κ3) is 4.28. The van der Waals surface area contributed by atoms with E-state index in [9.17, 15) is 9.59 Å². The van der Waals surface area contributed by atoms with E-state index in [0.29, 0.717) is 18.8 Å². The maximum Gasteiger partial charge on any atom is 0.289 e. The first kappa shape index (κ1) is 17.9. The van der Waals surface area contributed by atoms with Crippen molar-refractivity contribution >= 4 is 34.5 Å². The van der Waals surface area contributed by atoms with Gasteiger partial charge in [0.15, 0.2) is 5.76 Å². The number of furan rings is 1. The van der Waals surface area contributed by atoms with Crippen molar-refractivity contribution in [1.82, 2.24) is 15.2 Å². The number of piperidine rings is 1. The molecule has 1 aliphatic heterocycles. The molecule has 0 spiro atoms. The quantitative estimate of drug-likeness (QED) is 0.711. The summed E-state index contributed by atoms with van der Waals surface area (Å²) in [5.74, 6) is 0.253. The van der Waals surface area contributed by atoms with Gasteiger partial charge in [0, 0.05) is 35.5 Å². The van der Waals surface area contributed by atoms with Gasteiger partial charge >= 0.3 is 0 Å². The number of hydrogen-bond donors (Lipinski definition) is 1. The molecule has 8 heteroatoms. The van der Waals surface area contributed by atoms with Crippen molar-refractivity contribution in [3.8, 4) is 10.6 Å². The Morgan fingerprint density at radius 1 is 1.26 bits per heavy atom. The monoisotopic (exact) mass is 401 g/mol. The Morgan fingerprint density at radius 2 is 2.11 bits per heavy atom. The predicted molar refractivity (Wildman–Crippen MR) is 105 cm³/mol. The Hall–Kier alpha value is -2.45. The molecule has 4 heterocycles. The van der Waals surface area contributed by atoms with E-state index in [4.69, 9.17) is 4.42 Å². The van der Waals surface area contributed by atoms with Crippen molar-refractivity contribution in [3.63, 3.8) is 0 Å². The highest BCUT2D eigenvalue weighted by atomic mass is 32.1. The molecule has 6 nitrogen and oxygen atoms in total. The molecule has 0 unspecified atom stereocenters. The summed E-state index contributed by atoms with van der Waals surface area (Å²) in [7, 11) is 0. The van der Waals surface area contributed by atoms with Crippen molar-refractivity contribution in [3.05, 3.63) is 52.1 Å². The standard InChI is InChI=1S/C19H19N3O3S2/c23-17(10-15-12-27-18(21-15)13-5-9-26-11-13)20-14-3-6-22(7-4-14)19(24)16-2-1-8-25-16/h1-2,5,8-9,11-12,14H,3-4,6-7,10H2,(H,20,23). The summed E-state index contributed by atoms with van der Waals surface area (Å²) in [6.45, 7) is 1.23. The van der Waals surface area contributed by atoms with Crippen LogP contribution in [0, 0.1) is 0 Å². The summed E-state index contributed by atoms with van der Waals surface area (Å²) in [5, 5.41) is 10.0. The van der Waals surface area contributed by atoms with Crippen LogP contribution in [0.5, 0.6) is 0 Å². The van der Waals surface area contributed by atoms with Gasteiger partial charge in [-0.05, 0) is 36.4 Å². The molecule has 3 aromatic rings. The highest BCUT2D eigenvalue weighted by Gasteiger charge is 2.26. The van der Waals surface area contributed by atoms with E-state index in [2.05, 4.69) is 15.7 Å². The molecule has 1 fully saturated rings. The SMILES string of the molecule is O=C(Cc1csc(-c2ccsc2)n1)NC1CCN(C(=O)c2ccco2)CC1. The number of carbonyl (C=O) groups excluding carboxylic acids is 2. The van der Waals surface area contributed by atoms with Crippen LogP contribution in [0.25, 0.3) is 10.6 Å². The van der Waals surface area contributed by atoms with E-state index >= 15 is 0 Å². The number of thiazole rings is 1. The number of thiophene rings is 1. The number of hydrogen-bond acceptors (Lipinski definition) is 6. The summed E-state index contributed by atoms with van der Waals surface area (Å²) >= 11 is 3.20. The smallest absolute Gasteiger partial charge is 0.289 e. The summed E-state index contributed by atoms with van der Waals surface area (Å²) < 4.78 is 5.17. The molecule has 0 atom stereocenters. The van der Waals surface area contributed by atoms with E-state index in [0.717, 1.165) is 29.1 Å².